The number of hydrogen-bond acceptors (Lipinski definition) is 4. The first kappa shape index (κ1) is 14.4. The lowest BCUT2D eigenvalue weighted by atomic mass is 10.2. The molecule has 20 heavy (non-hydrogen) atoms. The van der Waals surface area contributed by atoms with Gasteiger partial charge in [-0.25, -0.2) is 0 Å². The SMILES string of the molecule is Cc1cc(N(CCC(N)=S)Cc2cccnc2)ccn1. The largest absolute Gasteiger partial charge is 0.393 e. The Balaban J connectivity index is 2.18. The maximum atomic E-state index is 5.62. The summed E-state index contributed by atoms with van der Waals surface area (Å²) >= 11 is 4.98. The Labute approximate surface area is 124 Å². The number of aryl methyl sites for hydroxylation is 1. The first-order chi connectivity index (χ1) is 9.65. The summed E-state index contributed by atoms with van der Waals surface area (Å²) in [6.07, 6.45) is 6.17. The highest BCUT2D eigenvalue weighted by molar-refractivity contribution is 7.80. The molecule has 0 amide bonds. The van der Waals surface area contributed by atoms with Gasteiger partial charge < -0.3 is 10.6 Å². The van der Waals surface area contributed by atoms with Crippen molar-refractivity contribution >= 4 is 22.9 Å². The van der Waals surface area contributed by atoms with Crippen LogP contribution in [0.5, 0.6) is 0 Å². The highest BCUT2D eigenvalue weighted by Gasteiger charge is 2.08. The van der Waals surface area contributed by atoms with Crippen molar-refractivity contribution in [3.8, 4) is 0 Å². The minimum absolute atomic E-state index is 0.534. The van der Waals surface area contributed by atoms with Crippen molar-refractivity contribution in [1.82, 2.24) is 9.97 Å². The molecular formula is C15H18N4S. The van der Waals surface area contributed by atoms with Gasteiger partial charge in [0.2, 0.25) is 0 Å². The van der Waals surface area contributed by atoms with Crippen LogP contribution >= 0.6 is 12.2 Å². The second kappa shape index (κ2) is 6.96. The molecular weight excluding hydrogens is 268 g/mol. The monoisotopic (exact) mass is 286 g/mol. The lowest BCUT2D eigenvalue weighted by molar-refractivity contribution is 0.801. The highest BCUT2D eigenvalue weighted by atomic mass is 32.1. The number of thiocarbonyl (C=S) groups is 1. The number of nitrogens with two attached hydrogens (primary N) is 1. The zero-order valence-electron chi connectivity index (χ0n) is 11.5. The number of rotatable bonds is 6. The van der Waals surface area contributed by atoms with Crippen molar-refractivity contribution in [2.45, 2.75) is 19.9 Å². The molecule has 2 aromatic heterocycles. The van der Waals surface area contributed by atoms with Crippen LogP contribution in [0.15, 0.2) is 42.9 Å². The van der Waals surface area contributed by atoms with Gasteiger partial charge in [0.15, 0.2) is 0 Å². The maximum absolute atomic E-state index is 5.62. The fourth-order valence-corrected chi connectivity index (χ4v) is 2.08. The smallest absolute Gasteiger partial charge is 0.0745 e. The average molecular weight is 286 g/mol. The zero-order chi connectivity index (χ0) is 14.4. The maximum Gasteiger partial charge on any atom is 0.0745 e. The van der Waals surface area contributed by atoms with E-state index in [0.29, 0.717) is 11.4 Å². The van der Waals surface area contributed by atoms with E-state index in [9.17, 15) is 0 Å². The molecule has 2 heterocycles. The van der Waals surface area contributed by atoms with E-state index in [1.807, 2.05) is 31.5 Å². The summed E-state index contributed by atoms with van der Waals surface area (Å²) in [6, 6.07) is 8.08. The standard InChI is InChI=1S/C15H18N4S/c1-12-9-14(4-7-18-12)19(8-5-15(16)20)11-13-3-2-6-17-10-13/h2-4,6-7,9-10H,5,8,11H2,1H3,(H2,16,20). The Morgan fingerprint density at radius 1 is 1.35 bits per heavy atom. The van der Waals surface area contributed by atoms with Crippen LogP contribution in [0.4, 0.5) is 5.69 Å². The lowest BCUT2D eigenvalue weighted by Crippen LogP contribution is -2.27. The number of anilines is 1. The molecule has 5 heteroatoms. The summed E-state index contributed by atoms with van der Waals surface area (Å²) in [6.45, 7) is 3.55. The molecule has 0 spiro atoms. The molecule has 0 unspecified atom stereocenters. The van der Waals surface area contributed by atoms with Gasteiger partial charge in [0.1, 0.15) is 0 Å². The van der Waals surface area contributed by atoms with E-state index in [0.717, 1.165) is 30.0 Å². The summed E-state index contributed by atoms with van der Waals surface area (Å²) in [5, 5.41) is 0. The van der Waals surface area contributed by atoms with E-state index < -0.39 is 0 Å². The molecule has 0 bridgehead atoms. The molecule has 2 N–H and O–H groups in total. The van der Waals surface area contributed by atoms with Gasteiger partial charge in [0.25, 0.3) is 0 Å². The van der Waals surface area contributed by atoms with Gasteiger partial charge in [-0.3, -0.25) is 9.97 Å². The molecule has 104 valence electrons. The molecule has 2 aromatic rings. The van der Waals surface area contributed by atoms with E-state index in [2.05, 4.69) is 27.0 Å². The Kier molecular flexibility index (Phi) is 5.01. The van der Waals surface area contributed by atoms with Crippen molar-refractivity contribution in [3.63, 3.8) is 0 Å². The highest BCUT2D eigenvalue weighted by Crippen LogP contribution is 2.17. The van der Waals surface area contributed by atoms with Gasteiger partial charge in [-0.2, -0.15) is 0 Å². The number of pyridine rings is 2. The summed E-state index contributed by atoms with van der Waals surface area (Å²) in [7, 11) is 0. The molecule has 2 rings (SSSR count). The van der Waals surface area contributed by atoms with Gasteiger partial charge in [-0.05, 0) is 30.7 Å². The fraction of sp³-hybridized carbons (Fsp3) is 0.267. The van der Waals surface area contributed by atoms with E-state index >= 15 is 0 Å². The molecule has 0 aliphatic heterocycles. The lowest BCUT2D eigenvalue weighted by Gasteiger charge is -2.25. The summed E-state index contributed by atoms with van der Waals surface area (Å²) in [4.78, 5) is 11.2. The summed E-state index contributed by atoms with van der Waals surface area (Å²) in [5.74, 6) is 0. The molecule has 0 atom stereocenters. The molecule has 0 aliphatic carbocycles. The van der Waals surface area contributed by atoms with Crippen LogP contribution in [0.1, 0.15) is 17.7 Å². The van der Waals surface area contributed by atoms with Crippen molar-refractivity contribution < 1.29 is 0 Å². The van der Waals surface area contributed by atoms with Crippen LogP contribution in [0.25, 0.3) is 0 Å². The molecule has 0 saturated carbocycles. The van der Waals surface area contributed by atoms with Gasteiger partial charge >= 0.3 is 0 Å². The van der Waals surface area contributed by atoms with Crippen molar-refractivity contribution in [1.29, 1.82) is 0 Å². The van der Waals surface area contributed by atoms with E-state index in [-0.39, 0.29) is 0 Å². The topological polar surface area (TPSA) is 55.0 Å². The molecule has 4 nitrogen and oxygen atoms in total. The van der Waals surface area contributed by atoms with E-state index in [1.54, 1.807) is 6.20 Å². The second-order valence-corrected chi connectivity index (χ2v) is 5.18. The minimum Gasteiger partial charge on any atom is -0.393 e. The Morgan fingerprint density at radius 2 is 2.20 bits per heavy atom. The predicted molar refractivity (Wildman–Crippen MR) is 85.7 cm³/mol. The Morgan fingerprint density at radius 3 is 2.85 bits per heavy atom. The van der Waals surface area contributed by atoms with Crippen LogP contribution in [0.3, 0.4) is 0 Å². The van der Waals surface area contributed by atoms with Crippen LogP contribution in [0, 0.1) is 6.92 Å². The first-order valence-corrected chi connectivity index (χ1v) is 6.91. The van der Waals surface area contributed by atoms with E-state index in [1.165, 1.54) is 0 Å². The normalized spacial score (nSPS) is 10.2. The molecule has 0 saturated heterocycles. The van der Waals surface area contributed by atoms with Crippen molar-refractivity contribution in [3.05, 3.63) is 54.1 Å². The third-order valence-electron chi connectivity index (χ3n) is 2.97. The quantitative estimate of drug-likeness (QED) is 0.827. The Hall–Kier alpha value is -2.01. The van der Waals surface area contributed by atoms with Gasteiger partial charge in [-0.15, -0.1) is 0 Å². The first-order valence-electron chi connectivity index (χ1n) is 6.50. The van der Waals surface area contributed by atoms with Gasteiger partial charge in [0.05, 0.1) is 4.99 Å². The Bertz CT molecular complexity index is 571. The van der Waals surface area contributed by atoms with Gasteiger partial charge in [0, 0.05) is 49.5 Å². The van der Waals surface area contributed by atoms with Crippen LogP contribution in [-0.4, -0.2) is 21.5 Å². The molecule has 0 radical (unpaired) electrons. The molecule has 0 aromatic carbocycles. The van der Waals surface area contributed by atoms with Crippen molar-refractivity contribution in [2.75, 3.05) is 11.4 Å². The summed E-state index contributed by atoms with van der Waals surface area (Å²) < 4.78 is 0. The zero-order valence-corrected chi connectivity index (χ0v) is 12.3. The van der Waals surface area contributed by atoms with Crippen LogP contribution in [0.2, 0.25) is 0 Å². The predicted octanol–water partition coefficient (Wildman–Crippen LogP) is 2.47. The van der Waals surface area contributed by atoms with Gasteiger partial charge in [-0.1, -0.05) is 18.3 Å². The second-order valence-electron chi connectivity index (χ2n) is 4.65. The fourth-order valence-electron chi connectivity index (χ4n) is 1.98. The third kappa shape index (κ3) is 4.28. The molecule has 0 aliphatic rings. The average Bonchev–Trinajstić information content (AvgIpc) is 2.44. The number of aromatic nitrogens is 2. The van der Waals surface area contributed by atoms with Crippen molar-refractivity contribution in [2.24, 2.45) is 5.73 Å². The third-order valence-corrected chi connectivity index (χ3v) is 3.17. The number of hydrogen-bond donors (Lipinski definition) is 1. The van der Waals surface area contributed by atoms with Crippen LogP contribution < -0.4 is 10.6 Å². The molecule has 0 fully saturated rings. The number of nitrogens with zero attached hydrogens (tertiary/aromatic N) is 3. The van der Waals surface area contributed by atoms with Crippen LogP contribution in [-0.2, 0) is 6.54 Å². The minimum atomic E-state index is 0.534. The van der Waals surface area contributed by atoms with E-state index in [4.69, 9.17) is 18.0 Å². The summed E-state index contributed by atoms with van der Waals surface area (Å²) in [5.41, 5.74) is 8.90.